The Hall–Kier alpha value is -3.78. The van der Waals surface area contributed by atoms with Crippen LogP contribution < -0.4 is 0 Å². The molecular formula is C26H18N2. The summed E-state index contributed by atoms with van der Waals surface area (Å²) in [4.78, 5) is 0. The van der Waals surface area contributed by atoms with Gasteiger partial charge in [-0.2, -0.15) is 0 Å². The minimum Gasteiger partial charge on any atom is -0.317 e. The Morgan fingerprint density at radius 1 is 0.464 bits per heavy atom. The number of hydrogen-bond acceptors (Lipinski definition) is 0. The van der Waals surface area contributed by atoms with Crippen LogP contribution in [0.5, 0.6) is 0 Å². The first-order valence-electron chi connectivity index (χ1n) is 9.55. The first kappa shape index (κ1) is 15.3. The fraction of sp³-hybridized carbons (Fsp3) is 0. The molecule has 2 heterocycles. The van der Waals surface area contributed by atoms with E-state index < -0.39 is 0 Å². The zero-order valence-corrected chi connectivity index (χ0v) is 15.3. The second kappa shape index (κ2) is 5.86. The van der Waals surface area contributed by atoms with Gasteiger partial charge in [-0.3, -0.25) is 0 Å². The predicted octanol–water partition coefficient (Wildman–Crippen LogP) is 6.73. The molecule has 0 atom stereocenters. The Labute approximate surface area is 162 Å². The highest BCUT2D eigenvalue weighted by Gasteiger charge is 2.14. The van der Waals surface area contributed by atoms with E-state index in [4.69, 9.17) is 0 Å². The van der Waals surface area contributed by atoms with Gasteiger partial charge in [-0.05, 0) is 48.5 Å². The molecule has 0 unspecified atom stereocenters. The molecule has 0 fully saturated rings. The van der Waals surface area contributed by atoms with Gasteiger partial charge in [0, 0.05) is 33.7 Å². The van der Waals surface area contributed by atoms with Crippen molar-refractivity contribution in [2.24, 2.45) is 0 Å². The van der Waals surface area contributed by atoms with Crippen molar-refractivity contribution in [2.75, 3.05) is 0 Å². The molecule has 0 amide bonds. The molecule has 6 aromatic rings. The van der Waals surface area contributed by atoms with Crippen molar-refractivity contribution >= 4 is 32.7 Å². The first-order chi connectivity index (χ1) is 13.9. The third-order valence-electron chi connectivity index (χ3n) is 5.53. The molecule has 0 N–H and O–H groups in total. The number of para-hydroxylation sites is 3. The molecule has 0 aliphatic rings. The van der Waals surface area contributed by atoms with Crippen molar-refractivity contribution in [1.29, 1.82) is 0 Å². The van der Waals surface area contributed by atoms with E-state index >= 15 is 0 Å². The predicted molar refractivity (Wildman–Crippen MR) is 118 cm³/mol. The van der Waals surface area contributed by atoms with Crippen LogP contribution in [0.2, 0.25) is 0 Å². The lowest BCUT2D eigenvalue weighted by atomic mass is 10.1. The highest BCUT2D eigenvalue weighted by Crippen LogP contribution is 2.35. The Kier molecular flexibility index (Phi) is 3.20. The molecule has 2 aromatic heterocycles. The average molecular weight is 358 g/mol. The number of rotatable bonds is 2. The number of hydrogen-bond donors (Lipinski definition) is 0. The molecule has 4 aromatic carbocycles. The van der Waals surface area contributed by atoms with Crippen LogP contribution in [-0.2, 0) is 0 Å². The summed E-state index contributed by atoms with van der Waals surface area (Å²) in [5.74, 6) is 0. The summed E-state index contributed by atoms with van der Waals surface area (Å²) in [6.07, 6.45) is 2.16. The minimum atomic E-state index is 1.18. The molecule has 0 radical (unpaired) electrons. The fourth-order valence-electron chi connectivity index (χ4n) is 4.27. The smallest absolute Gasteiger partial charge is 0.0548 e. The molecule has 0 saturated carbocycles. The third-order valence-corrected chi connectivity index (χ3v) is 5.53. The minimum absolute atomic E-state index is 1.18. The summed E-state index contributed by atoms with van der Waals surface area (Å²) in [6.45, 7) is 0. The van der Waals surface area contributed by atoms with Gasteiger partial charge < -0.3 is 9.13 Å². The molecule has 0 bridgehead atoms. The maximum atomic E-state index is 2.37. The maximum Gasteiger partial charge on any atom is 0.0548 e. The van der Waals surface area contributed by atoms with Crippen molar-refractivity contribution in [1.82, 2.24) is 9.13 Å². The van der Waals surface area contributed by atoms with Gasteiger partial charge in [0.15, 0.2) is 0 Å². The standard InChI is InChI=1S/C26H18N2/c1-3-9-20(10-4-1)27-16-15-19-17-26-23(18-25(19)27)22-13-7-8-14-24(22)28(26)21-11-5-2-6-12-21/h1-18H. The number of benzene rings is 4. The van der Waals surface area contributed by atoms with Crippen molar-refractivity contribution in [3.63, 3.8) is 0 Å². The van der Waals surface area contributed by atoms with Crippen LogP contribution >= 0.6 is 0 Å². The average Bonchev–Trinajstić information content (AvgIpc) is 3.32. The van der Waals surface area contributed by atoms with Crippen molar-refractivity contribution < 1.29 is 0 Å². The molecule has 0 saturated heterocycles. The highest BCUT2D eigenvalue weighted by atomic mass is 15.0. The Morgan fingerprint density at radius 2 is 1.14 bits per heavy atom. The van der Waals surface area contributed by atoms with Crippen molar-refractivity contribution in [3.8, 4) is 11.4 Å². The van der Waals surface area contributed by atoms with E-state index in [1.165, 1.54) is 44.1 Å². The second-order valence-electron chi connectivity index (χ2n) is 7.14. The van der Waals surface area contributed by atoms with Crippen LogP contribution in [-0.4, -0.2) is 9.13 Å². The summed E-state index contributed by atoms with van der Waals surface area (Å²) in [5, 5.41) is 3.81. The first-order valence-corrected chi connectivity index (χ1v) is 9.55. The lowest BCUT2D eigenvalue weighted by Gasteiger charge is -2.08. The van der Waals surface area contributed by atoms with E-state index in [1.54, 1.807) is 0 Å². The molecule has 132 valence electrons. The lowest BCUT2D eigenvalue weighted by Crippen LogP contribution is -1.93. The van der Waals surface area contributed by atoms with Gasteiger partial charge in [0.1, 0.15) is 0 Å². The van der Waals surface area contributed by atoms with E-state index in [9.17, 15) is 0 Å². The summed E-state index contributed by atoms with van der Waals surface area (Å²) in [6, 6.07) is 36.6. The Bertz CT molecular complexity index is 1440. The summed E-state index contributed by atoms with van der Waals surface area (Å²) >= 11 is 0. The largest absolute Gasteiger partial charge is 0.317 e. The van der Waals surface area contributed by atoms with E-state index in [0.29, 0.717) is 0 Å². The summed E-state index contributed by atoms with van der Waals surface area (Å²) in [5.41, 5.74) is 6.09. The number of aromatic nitrogens is 2. The van der Waals surface area contributed by atoms with Crippen molar-refractivity contribution in [3.05, 3.63) is 109 Å². The maximum absolute atomic E-state index is 2.37. The van der Waals surface area contributed by atoms with Gasteiger partial charge in [0.2, 0.25) is 0 Å². The van der Waals surface area contributed by atoms with E-state index in [2.05, 4.69) is 118 Å². The quantitative estimate of drug-likeness (QED) is 0.325. The van der Waals surface area contributed by atoms with E-state index in [-0.39, 0.29) is 0 Å². The molecule has 2 nitrogen and oxygen atoms in total. The van der Waals surface area contributed by atoms with Gasteiger partial charge >= 0.3 is 0 Å². The molecule has 2 heteroatoms. The molecular weight excluding hydrogens is 340 g/mol. The fourth-order valence-corrected chi connectivity index (χ4v) is 4.27. The van der Waals surface area contributed by atoms with Gasteiger partial charge in [-0.1, -0.05) is 54.6 Å². The van der Waals surface area contributed by atoms with Crippen LogP contribution in [0.1, 0.15) is 0 Å². The highest BCUT2D eigenvalue weighted by molar-refractivity contribution is 6.13. The molecule has 0 aliphatic heterocycles. The topological polar surface area (TPSA) is 9.86 Å². The molecule has 6 rings (SSSR count). The van der Waals surface area contributed by atoms with Gasteiger partial charge in [-0.15, -0.1) is 0 Å². The van der Waals surface area contributed by atoms with Crippen LogP contribution in [0.4, 0.5) is 0 Å². The monoisotopic (exact) mass is 358 g/mol. The SMILES string of the molecule is c1ccc(-n2ccc3cc4c(cc32)c2ccccc2n4-c2ccccc2)cc1. The van der Waals surface area contributed by atoms with E-state index in [1.807, 2.05) is 0 Å². The normalized spacial score (nSPS) is 11.6. The lowest BCUT2D eigenvalue weighted by molar-refractivity contribution is 1.13. The van der Waals surface area contributed by atoms with Crippen molar-refractivity contribution in [2.45, 2.75) is 0 Å². The van der Waals surface area contributed by atoms with Crippen LogP contribution in [0.15, 0.2) is 109 Å². The zero-order valence-electron chi connectivity index (χ0n) is 15.3. The Morgan fingerprint density at radius 3 is 1.93 bits per heavy atom. The van der Waals surface area contributed by atoms with Gasteiger partial charge in [0.25, 0.3) is 0 Å². The van der Waals surface area contributed by atoms with Gasteiger partial charge in [0.05, 0.1) is 16.6 Å². The van der Waals surface area contributed by atoms with Gasteiger partial charge in [-0.25, -0.2) is 0 Å². The third kappa shape index (κ3) is 2.15. The molecule has 0 aliphatic carbocycles. The summed E-state index contributed by atoms with van der Waals surface area (Å²) < 4.78 is 4.63. The van der Waals surface area contributed by atoms with E-state index in [0.717, 1.165) is 0 Å². The zero-order chi connectivity index (χ0) is 18.5. The number of fused-ring (bicyclic) bond motifs is 4. The summed E-state index contributed by atoms with van der Waals surface area (Å²) in [7, 11) is 0. The van der Waals surface area contributed by atoms with Crippen LogP contribution in [0.3, 0.4) is 0 Å². The van der Waals surface area contributed by atoms with Crippen LogP contribution in [0.25, 0.3) is 44.1 Å². The molecule has 0 spiro atoms. The van der Waals surface area contributed by atoms with Crippen LogP contribution in [0, 0.1) is 0 Å². The second-order valence-corrected chi connectivity index (χ2v) is 7.14. The number of nitrogens with zero attached hydrogens (tertiary/aromatic N) is 2. The Balaban J connectivity index is 1.74. The molecule has 28 heavy (non-hydrogen) atoms.